The van der Waals surface area contributed by atoms with Gasteiger partial charge in [0.25, 0.3) is 0 Å². The lowest BCUT2D eigenvalue weighted by Gasteiger charge is -2.28. The van der Waals surface area contributed by atoms with Gasteiger partial charge in [-0.1, -0.05) is 63.3 Å². The number of cyclic esters (lactones) is 2. The lowest BCUT2D eigenvalue weighted by molar-refractivity contribution is -0.178. The molecule has 0 spiro atoms. The molecule has 0 aliphatic carbocycles. The molecule has 0 saturated carbocycles. The van der Waals surface area contributed by atoms with Crippen LogP contribution in [0.2, 0.25) is 0 Å². The number of hydrogen-bond acceptors (Lipinski definition) is 10. The molecule has 0 saturated heterocycles. The first-order valence-corrected chi connectivity index (χ1v) is 17.6. The van der Waals surface area contributed by atoms with Crippen LogP contribution < -0.4 is 16.0 Å². The third-order valence-electron chi connectivity index (χ3n) is 7.96. The highest BCUT2D eigenvalue weighted by molar-refractivity contribution is 5.91. The number of rotatable bonds is 10. The molecule has 1 heterocycles. The van der Waals surface area contributed by atoms with Gasteiger partial charge in [-0.2, -0.15) is 0 Å². The molecule has 13 nitrogen and oxygen atoms in total. The van der Waals surface area contributed by atoms with Crippen LogP contribution in [0.3, 0.4) is 0 Å². The molecule has 52 heavy (non-hydrogen) atoms. The van der Waals surface area contributed by atoms with Crippen molar-refractivity contribution in [2.24, 2.45) is 22.7 Å². The zero-order valence-electron chi connectivity index (χ0n) is 32.3. The minimum atomic E-state index is -1.16. The van der Waals surface area contributed by atoms with Crippen molar-refractivity contribution in [3.05, 3.63) is 53.6 Å². The predicted octanol–water partition coefficient (Wildman–Crippen LogP) is 5.02. The average Bonchev–Trinajstić information content (AvgIpc) is 3.05. The highest BCUT2D eigenvalue weighted by atomic mass is 16.6. The smallest absolute Gasteiger partial charge is 0.407 e. The summed E-state index contributed by atoms with van der Waals surface area (Å²) < 4.78 is 22.4. The standard InChI is InChI=1S/C39H57N3O10/c1-25(2)20-30-33(45)50-29(12-11-13-31(43)40-21-32(44)41-23-39(9,10)35(47)51-30)26(3)14-15-27-16-18-28(19-17-27)22-49-34(46)38(7,8)24-42-36(48)52-37(4,5)6/h11,13-19,25-26,29-30H,12,20-24H2,1-10H3,(H,40,43)(H,41,44)(H,42,48)/b13-11+,15-14+/t26-,29+,30+/m1/s1. The van der Waals surface area contributed by atoms with Crippen molar-refractivity contribution in [1.29, 1.82) is 0 Å². The number of hydrogen-bond donors (Lipinski definition) is 3. The zero-order valence-corrected chi connectivity index (χ0v) is 32.3. The van der Waals surface area contributed by atoms with Gasteiger partial charge >= 0.3 is 24.0 Å². The van der Waals surface area contributed by atoms with Crippen LogP contribution in [0.1, 0.15) is 93.2 Å². The number of carbonyl (C=O) groups is 6. The molecular weight excluding hydrogens is 670 g/mol. The van der Waals surface area contributed by atoms with Crippen LogP contribution in [-0.2, 0) is 49.5 Å². The van der Waals surface area contributed by atoms with E-state index >= 15 is 0 Å². The topological polar surface area (TPSA) is 175 Å². The average molecular weight is 728 g/mol. The Morgan fingerprint density at radius 2 is 1.65 bits per heavy atom. The van der Waals surface area contributed by atoms with Gasteiger partial charge in [-0.15, -0.1) is 0 Å². The fourth-order valence-electron chi connectivity index (χ4n) is 4.63. The molecule has 1 aliphatic rings. The molecule has 0 fully saturated rings. The van der Waals surface area contributed by atoms with E-state index in [0.717, 1.165) is 11.1 Å². The fraction of sp³-hybridized carbons (Fsp3) is 0.590. The minimum absolute atomic E-state index is 0.0114. The first-order chi connectivity index (χ1) is 24.1. The van der Waals surface area contributed by atoms with Gasteiger partial charge in [0.2, 0.25) is 11.8 Å². The molecule has 0 bridgehead atoms. The zero-order chi connectivity index (χ0) is 39.3. The molecule has 0 unspecified atom stereocenters. The number of carbonyl (C=O) groups excluding carboxylic acids is 6. The Morgan fingerprint density at radius 1 is 1.00 bits per heavy atom. The molecular formula is C39H57N3O10. The van der Waals surface area contributed by atoms with Gasteiger partial charge in [0.05, 0.1) is 17.4 Å². The summed E-state index contributed by atoms with van der Waals surface area (Å²) in [7, 11) is 0. The Labute approximate surface area is 307 Å². The summed E-state index contributed by atoms with van der Waals surface area (Å²) in [5.41, 5.74) is -1.18. The van der Waals surface area contributed by atoms with Gasteiger partial charge in [-0.05, 0) is 78.0 Å². The molecule has 1 aromatic rings. The Hall–Kier alpha value is -4.68. The monoisotopic (exact) mass is 727 g/mol. The van der Waals surface area contributed by atoms with E-state index in [4.69, 9.17) is 18.9 Å². The third kappa shape index (κ3) is 15.7. The number of amides is 3. The Kier molecular flexibility index (Phi) is 16.1. The predicted molar refractivity (Wildman–Crippen MR) is 195 cm³/mol. The normalized spacial score (nSPS) is 20.6. The van der Waals surface area contributed by atoms with Crippen molar-refractivity contribution in [3.63, 3.8) is 0 Å². The summed E-state index contributed by atoms with van der Waals surface area (Å²) in [4.78, 5) is 76.0. The second-order valence-electron chi connectivity index (χ2n) is 15.8. The first kappa shape index (κ1) is 43.5. The quantitative estimate of drug-likeness (QED) is 0.219. The van der Waals surface area contributed by atoms with E-state index in [-0.39, 0.29) is 50.9 Å². The summed E-state index contributed by atoms with van der Waals surface area (Å²) in [5.74, 6) is -3.10. The maximum absolute atomic E-state index is 13.5. The van der Waals surface area contributed by atoms with Gasteiger partial charge in [-0.3, -0.25) is 19.2 Å². The van der Waals surface area contributed by atoms with E-state index in [1.54, 1.807) is 54.5 Å². The summed E-state index contributed by atoms with van der Waals surface area (Å²) in [6.07, 6.45) is 4.53. The third-order valence-corrected chi connectivity index (χ3v) is 7.96. The Balaban J connectivity index is 2.14. The molecule has 3 N–H and O–H groups in total. The van der Waals surface area contributed by atoms with E-state index in [2.05, 4.69) is 16.0 Å². The fourth-order valence-corrected chi connectivity index (χ4v) is 4.63. The second-order valence-corrected chi connectivity index (χ2v) is 15.8. The van der Waals surface area contributed by atoms with Crippen LogP contribution >= 0.6 is 0 Å². The molecule has 3 amide bonds. The van der Waals surface area contributed by atoms with E-state index in [9.17, 15) is 28.8 Å². The highest BCUT2D eigenvalue weighted by Crippen LogP contribution is 2.24. The van der Waals surface area contributed by atoms with E-state index in [1.807, 2.05) is 57.2 Å². The first-order valence-electron chi connectivity index (χ1n) is 17.6. The van der Waals surface area contributed by atoms with Crippen LogP contribution in [0.15, 0.2) is 42.5 Å². The number of alkyl carbamates (subject to hydrolysis) is 1. The summed E-state index contributed by atoms with van der Waals surface area (Å²) >= 11 is 0. The maximum Gasteiger partial charge on any atom is 0.407 e. The SMILES string of the molecule is CC(C)C[C@@H]1OC(=O)C(C)(C)CNC(=O)CNC(=O)/C=C/C[C@@H]([C@H](C)/C=C/c2ccc(COC(=O)C(C)(C)CNC(=O)OC(C)(C)C)cc2)OC1=O. The second kappa shape index (κ2) is 19.2. The van der Waals surface area contributed by atoms with Gasteiger partial charge in [0.15, 0.2) is 6.10 Å². The van der Waals surface area contributed by atoms with Crippen LogP contribution in [-0.4, -0.2) is 73.3 Å². The van der Waals surface area contributed by atoms with Gasteiger partial charge < -0.3 is 34.9 Å². The summed E-state index contributed by atoms with van der Waals surface area (Å²) in [5, 5.41) is 7.73. The molecule has 288 valence electrons. The molecule has 2 rings (SSSR count). The summed E-state index contributed by atoms with van der Waals surface area (Å²) in [6, 6.07) is 7.35. The number of ether oxygens (including phenoxy) is 4. The van der Waals surface area contributed by atoms with Gasteiger partial charge in [-0.25, -0.2) is 9.59 Å². The van der Waals surface area contributed by atoms with Crippen molar-refractivity contribution in [2.75, 3.05) is 19.6 Å². The lowest BCUT2D eigenvalue weighted by atomic mass is 9.93. The van der Waals surface area contributed by atoms with Gasteiger partial charge in [0.1, 0.15) is 18.3 Å². The van der Waals surface area contributed by atoms with Crippen LogP contribution in [0.5, 0.6) is 0 Å². The molecule has 0 radical (unpaired) electrons. The van der Waals surface area contributed by atoms with Crippen LogP contribution in [0.25, 0.3) is 6.08 Å². The highest BCUT2D eigenvalue weighted by Gasteiger charge is 2.36. The van der Waals surface area contributed by atoms with Crippen molar-refractivity contribution in [3.8, 4) is 0 Å². The largest absolute Gasteiger partial charge is 0.460 e. The van der Waals surface area contributed by atoms with Crippen LogP contribution in [0.4, 0.5) is 4.79 Å². The Bertz CT molecular complexity index is 1470. The Morgan fingerprint density at radius 3 is 2.27 bits per heavy atom. The molecule has 1 aromatic carbocycles. The van der Waals surface area contributed by atoms with Crippen molar-refractivity contribution < 1.29 is 47.7 Å². The minimum Gasteiger partial charge on any atom is -0.460 e. The van der Waals surface area contributed by atoms with E-state index < -0.39 is 64.5 Å². The van der Waals surface area contributed by atoms with Crippen LogP contribution in [0, 0.1) is 22.7 Å². The van der Waals surface area contributed by atoms with E-state index in [0.29, 0.717) is 0 Å². The van der Waals surface area contributed by atoms with E-state index in [1.165, 1.54) is 6.08 Å². The molecule has 0 aromatic heterocycles. The van der Waals surface area contributed by atoms with Crippen molar-refractivity contribution >= 4 is 41.9 Å². The van der Waals surface area contributed by atoms with Crippen molar-refractivity contribution in [1.82, 2.24) is 16.0 Å². The number of esters is 3. The maximum atomic E-state index is 13.5. The molecule has 1 aliphatic heterocycles. The summed E-state index contributed by atoms with van der Waals surface area (Å²) in [6.45, 7) is 17.2. The number of nitrogens with one attached hydrogen (secondary N) is 3. The number of benzene rings is 1. The molecule has 13 heteroatoms. The van der Waals surface area contributed by atoms with Crippen molar-refractivity contribution in [2.45, 2.75) is 106 Å². The van der Waals surface area contributed by atoms with Gasteiger partial charge in [0, 0.05) is 25.4 Å². The molecule has 3 atom stereocenters. The lowest BCUT2D eigenvalue weighted by Crippen LogP contribution is -2.45.